The third kappa shape index (κ3) is 4.02. The van der Waals surface area contributed by atoms with Crippen LogP contribution < -0.4 is 5.32 Å². The van der Waals surface area contributed by atoms with E-state index < -0.39 is 0 Å². The van der Waals surface area contributed by atoms with Gasteiger partial charge in [0.1, 0.15) is 5.69 Å². The van der Waals surface area contributed by atoms with Gasteiger partial charge in [-0.05, 0) is 24.8 Å². The van der Waals surface area contributed by atoms with Crippen molar-refractivity contribution in [2.45, 2.75) is 19.4 Å². The topological polar surface area (TPSA) is 42.0 Å². The van der Waals surface area contributed by atoms with Crippen molar-refractivity contribution in [2.75, 3.05) is 12.0 Å². The molecule has 0 radical (unpaired) electrons. The first-order valence-corrected chi connectivity index (χ1v) is 6.86. The summed E-state index contributed by atoms with van der Waals surface area (Å²) in [7, 11) is 0. The second kappa shape index (κ2) is 6.76. The van der Waals surface area contributed by atoms with Crippen molar-refractivity contribution in [1.82, 2.24) is 10.3 Å². The standard InChI is InChI=1S/C11H15ClN2OS/c1-3-9(7-16-2)14-11(15)10-6-8(12)4-5-13-10/h4-6,9H,3,7H2,1-2H3,(H,14,15). The Hall–Kier alpha value is -0.740. The Morgan fingerprint density at radius 1 is 1.69 bits per heavy atom. The van der Waals surface area contributed by atoms with Crippen LogP contribution in [0.25, 0.3) is 0 Å². The van der Waals surface area contributed by atoms with Gasteiger partial charge in [0.2, 0.25) is 0 Å². The SMILES string of the molecule is CCC(CSC)NC(=O)c1cc(Cl)ccn1. The first-order valence-electron chi connectivity index (χ1n) is 5.08. The van der Waals surface area contributed by atoms with Crippen molar-refractivity contribution in [3.8, 4) is 0 Å². The third-order valence-electron chi connectivity index (χ3n) is 2.15. The molecule has 3 nitrogen and oxygen atoms in total. The van der Waals surface area contributed by atoms with Gasteiger partial charge in [0.15, 0.2) is 0 Å². The quantitative estimate of drug-likeness (QED) is 0.883. The molecule has 16 heavy (non-hydrogen) atoms. The van der Waals surface area contributed by atoms with Crippen LogP contribution in [0.2, 0.25) is 5.02 Å². The summed E-state index contributed by atoms with van der Waals surface area (Å²) >= 11 is 7.51. The van der Waals surface area contributed by atoms with Crippen LogP contribution in [0, 0.1) is 0 Å². The predicted molar refractivity (Wildman–Crippen MR) is 69.2 cm³/mol. The lowest BCUT2D eigenvalue weighted by Crippen LogP contribution is -2.36. The Kier molecular flexibility index (Phi) is 5.63. The van der Waals surface area contributed by atoms with E-state index in [1.165, 1.54) is 6.20 Å². The Morgan fingerprint density at radius 2 is 2.44 bits per heavy atom. The number of carbonyl (C=O) groups excluding carboxylic acids is 1. The zero-order valence-electron chi connectivity index (χ0n) is 9.37. The van der Waals surface area contributed by atoms with Crippen molar-refractivity contribution in [3.05, 3.63) is 29.0 Å². The number of hydrogen-bond donors (Lipinski definition) is 1. The molecule has 5 heteroatoms. The highest BCUT2D eigenvalue weighted by Gasteiger charge is 2.12. The maximum Gasteiger partial charge on any atom is 0.270 e. The van der Waals surface area contributed by atoms with Crippen molar-refractivity contribution >= 4 is 29.3 Å². The molecule has 0 saturated carbocycles. The van der Waals surface area contributed by atoms with Crippen molar-refractivity contribution in [1.29, 1.82) is 0 Å². The minimum Gasteiger partial charge on any atom is -0.347 e. The molecule has 1 rings (SSSR count). The Balaban J connectivity index is 2.64. The minimum absolute atomic E-state index is 0.164. The van der Waals surface area contributed by atoms with E-state index >= 15 is 0 Å². The average molecular weight is 259 g/mol. The fourth-order valence-electron chi connectivity index (χ4n) is 1.25. The molecule has 1 N–H and O–H groups in total. The van der Waals surface area contributed by atoms with E-state index in [4.69, 9.17) is 11.6 Å². The Morgan fingerprint density at radius 3 is 3.00 bits per heavy atom. The van der Waals surface area contributed by atoms with Crippen LogP contribution in [0.3, 0.4) is 0 Å². The molecule has 0 bridgehead atoms. The largest absolute Gasteiger partial charge is 0.347 e. The molecule has 88 valence electrons. The molecule has 0 aliphatic carbocycles. The van der Waals surface area contributed by atoms with E-state index in [2.05, 4.69) is 10.3 Å². The maximum absolute atomic E-state index is 11.8. The highest BCUT2D eigenvalue weighted by molar-refractivity contribution is 7.98. The van der Waals surface area contributed by atoms with Gasteiger partial charge < -0.3 is 5.32 Å². The van der Waals surface area contributed by atoms with Crippen LogP contribution in [0.15, 0.2) is 18.3 Å². The minimum atomic E-state index is -0.164. The number of aromatic nitrogens is 1. The van der Waals surface area contributed by atoms with Crippen molar-refractivity contribution in [2.24, 2.45) is 0 Å². The number of pyridine rings is 1. The summed E-state index contributed by atoms with van der Waals surface area (Å²) in [5, 5.41) is 3.46. The lowest BCUT2D eigenvalue weighted by atomic mass is 10.2. The highest BCUT2D eigenvalue weighted by atomic mass is 35.5. The number of rotatable bonds is 5. The van der Waals surface area contributed by atoms with Crippen molar-refractivity contribution in [3.63, 3.8) is 0 Å². The Bertz CT molecular complexity index is 360. The number of amides is 1. The number of carbonyl (C=O) groups is 1. The van der Waals surface area contributed by atoms with Gasteiger partial charge in [-0.1, -0.05) is 18.5 Å². The number of nitrogens with zero attached hydrogens (tertiary/aromatic N) is 1. The summed E-state index contributed by atoms with van der Waals surface area (Å²) in [5.41, 5.74) is 0.368. The van der Waals surface area contributed by atoms with Gasteiger partial charge in [-0.15, -0.1) is 0 Å². The molecule has 0 aromatic carbocycles. The van der Waals surface area contributed by atoms with E-state index in [0.717, 1.165) is 12.2 Å². The summed E-state index contributed by atoms with van der Waals surface area (Å²) in [5.74, 6) is 0.742. The zero-order chi connectivity index (χ0) is 12.0. The molecule has 1 aromatic rings. The van der Waals surface area contributed by atoms with E-state index in [1.54, 1.807) is 23.9 Å². The molecule has 0 saturated heterocycles. The van der Waals surface area contributed by atoms with Gasteiger partial charge in [0.05, 0.1) is 0 Å². The van der Waals surface area contributed by atoms with Gasteiger partial charge in [-0.3, -0.25) is 9.78 Å². The van der Waals surface area contributed by atoms with Crippen LogP contribution in [0.1, 0.15) is 23.8 Å². The zero-order valence-corrected chi connectivity index (χ0v) is 10.9. The number of halogens is 1. The number of nitrogens with one attached hydrogen (secondary N) is 1. The van der Waals surface area contributed by atoms with Crippen LogP contribution in [-0.4, -0.2) is 28.9 Å². The first kappa shape index (κ1) is 13.3. The van der Waals surface area contributed by atoms with Gasteiger partial charge in [-0.2, -0.15) is 11.8 Å². The molecular formula is C11H15ClN2OS. The van der Waals surface area contributed by atoms with E-state index in [1.807, 2.05) is 13.2 Å². The molecule has 1 unspecified atom stereocenters. The van der Waals surface area contributed by atoms with Gasteiger partial charge in [0, 0.05) is 23.0 Å². The highest BCUT2D eigenvalue weighted by Crippen LogP contribution is 2.09. The fourth-order valence-corrected chi connectivity index (χ4v) is 2.13. The van der Waals surface area contributed by atoms with Crippen LogP contribution in [0.4, 0.5) is 0 Å². The van der Waals surface area contributed by atoms with E-state index in [9.17, 15) is 4.79 Å². The van der Waals surface area contributed by atoms with Gasteiger partial charge in [-0.25, -0.2) is 0 Å². The summed E-state index contributed by atoms with van der Waals surface area (Å²) in [6, 6.07) is 3.41. The molecule has 1 atom stereocenters. The van der Waals surface area contributed by atoms with Crippen molar-refractivity contribution < 1.29 is 4.79 Å². The van der Waals surface area contributed by atoms with Crippen LogP contribution in [-0.2, 0) is 0 Å². The average Bonchev–Trinajstić information content (AvgIpc) is 2.28. The predicted octanol–water partition coefficient (Wildman–Crippen LogP) is 2.61. The summed E-state index contributed by atoms with van der Waals surface area (Å²) in [6.45, 7) is 2.05. The molecule has 1 aromatic heterocycles. The molecular weight excluding hydrogens is 244 g/mol. The normalized spacial score (nSPS) is 12.2. The molecule has 0 fully saturated rings. The second-order valence-electron chi connectivity index (χ2n) is 3.39. The fraction of sp³-hybridized carbons (Fsp3) is 0.455. The summed E-state index contributed by atoms with van der Waals surface area (Å²) in [4.78, 5) is 15.8. The van der Waals surface area contributed by atoms with E-state index in [-0.39, 0.29) is 11.9 Å². The number of hydrogen-bond acceptors (Lipinski definition) is 3. The lowest BCUT2D eigenvalue weighted by molar-refractivity contribution is 0.0935. The third-order valence-corrected chi connectivity index (χ3v) is 3.12. The number of thioether (sulfide) groups is 1. The molecule has 1 heterocycles. The summed E-state index contributed by atoms with van der Waals surface area (Å²) in [6.07, 6.45) is 4.46. The first-order chi connectivity index (χ1) is 7.67. The monoisotopic (exact) mass is 258 g/mol. The van der Waals surface area contributed by atoms with Gasteiger partial charge in [0.25, 0.3) is 5.91 Å². The molecule has 0 spiro atoms. The van der Waals surface area contributed by atoms with Crippen LogP contribution in [0.5, 0.6) is 0 Å². The molecule has 0 aliphatic rings. The second-order valence-corrected chi connectivity index (χ2v) is 4.74. The Labute approximate surface area is 105 Å². The van der Waals surface area contributed by atoms with Gasteiger partial charge >= 0.3 is 0 Å². The van der Waals surface area contributed by atoms with E-state index in [0.29, 0.717) is 10.7 Å². The maximum atomic E-state index is 11.8. The molecule has 1 amide bonds. The lowest BCUT2D eigenvalue weighted by Gasteiger charge is -2.15. The van der Waals surface area contributed by atoms with Crippen LogP contribution >= 0.6 is 23.4 Å². The molecule has 0 aliphatic heterocycles. The summed E-state index contributed by atoms with van der Waals surface area (Å²) < 4.78 is 0. The smallest absolute Gasteiger partial charge is 0.270 e.